The standard InChI is InChI=1S/C13H11N3O/c1-9-4-6-10(7-5-9)13-15-12-11(16(13)17)3-2-8-14-12/h2-8,17H,1H3. The van der Waals surface area contributed by atoms with Crippen LogP contribution in [0, 0.1) is 6.92 Å². The fourth-order valence-corrected chi connectivity index (χ4v) is 1.79. The van der Waals surface area contributed by atoms with Crippen molar-refractivity contribution in [2.75, 3.05) is 0 Å². The summed E-state index contributed by atoms with van der Waals surface area (Å²) in [5.74, 6) is 0.513. The van der Waals surface area contributed by atoms with Crippen molar-refractivity contribution in [1.29, 1.82) is 0 Å². The third-order valence-corrected chi connectivity index (χ3v) is 2.72. The molecule has 0 amide bonds. The summed E-state index contributed by atoms with van der Waals surface area (Å²) >= 11 is 0. The van der Waals surface area contributed by atoms with E-state index in [-0.39, 0.29) is 0 Å². The maximum absolute atomic E-state index is 10.0. The summed E-state index contributed by atoms with van der Waals surface area (Å²) in [7, 11) is 0. The summed E-state index contributed by atoms with van der Waals surface area (Å²) in [6.45, 7) is 2.02. The molecule has 84 valence electrons. The third kappa shape index (κ3) is 1.54. The molecule has 0 saturated heterocycles. The number of fused-ring (bicyclic) bond motifs is 1. The van der Waals surface area contributed by atoms with Gasteiger partial charge in [-0.15, -0.1) is 0 Å². The Bertz CT molecular complexity index is 671. The van der Waals surface area contributed by atoms with E-state index in [2.05, 4.69) is 9.97 Å². The largest absolute Gasteiger partial charge is 0.426 e. The monoisotopic (exact) mass is 225 g/mol. The van der Waals surface area contributed by atoms with Crippen molar-refractivity contribution in [3.63, 3.8) is 0 Å². The van der Waals surface area contributed by atoms with E-state index in [9.17, 15) is 5.21 Å². The van der Waals surface area contributed by atoms with Crippen LogP contribution < -0.4 is 0 Å². The Morgan fingerprint density at radius 3 is 2.59 bits per heavy atom. The molecule has 0 radical (unpaired) electrons. The predicted molar refractivity (Wildman–Crippen MR) is 64.9 cm³/mol. The van der Waals surface area contributed by atoms with Crippen molar-refractivity contribution in [3.05, 3.63) is 48.2 Å². The van der Waals surface area contributed by atoms with Gasteiger partial charge >= 0.3 is 0 Å². The second-order valence-electron chi connectivity index (χ2n) is 3.96. The Morgan fingerprint density at radius 1 is 1.12 bits per heavy atom. The highest BCUT2D eigenvalue weighted by molar-refractivity contribution is 5.76. The first kappa shape index (κ1) is 9.84. The van der Waals surface area contributed by atoms with Crippen LogP contribution in [0.25, 0.3) is 22.6 Å². The highest BCUT2D eigenvalue weighted by Gasteiger charge is 2.11. The Hall–Kier alpha value is -2.36. The highest BCUT2D eigenvalue weighted by Crippen LogP contribution is 2.22. The summed E-state index contributed by atoms with van der Waals surface area (Å²) in [5.41, 5.74) is 3.21. The SMILES string of the molecule is Cc1ccc(-c2nc3ncccc3n2O)cc1. The second kappa shape index (κ2) is 3.59. The van der Waals surface area contributed by atoms with Gasteiger partial charge in [0.1, 0.15) is 5.52 Å². The van der Waals surface area contributed by atoms with Crippen LogP contribution in [0.15, 0.2) is 42.6 Å². The van der Waals surface area contributed by atoms with E-state index in [0.29, 0.717) is 17.0 Å². The van der Waals surface area contributed by atoms with E-state index in [4.69, 9.17) is 0 Å². The number of benzene rings is 1. The Kier molecular flexibility index (Phi) is 2.08. The molecule has 0 aliphatic heterocycles. The van der Waals surface area contributed by atoms with Gasteiger partial charge in [-0.1, -0.05) is 29.8 Å². The molecule has 1 aromatic carbocycles. The molecular formula is C13H11N3O. The summed E-state index contributed by atoms with van der Waals surface area (Å²) in [5, 5.41) is 10.0. The van der Waals surface area contributed by atoms with Gasteiger partial charge in [-0.25, -0.2) is 9.97 Å². The predicted octanol–water partition coefficient (Wildman–Crippen LogP) is 2.64. The zero-order valence-electron chi connectivity index (χ0n) is 9.33. The Labute approximate surface area is 98.1 Å². The molecule has 4 heteroatoms. The molecule has 4 nitrogen and oxygen atoms in total. The molecule has 3 aromatic rings. The van der Waals surface area contributed by atoms with Crippen LogP contribution in [0.1, 0.15) is 5.56 Å². The van der Waals surface area contributed by atoms with Crippen LogP contribution in [0.4, 0.5) is 0 Å². The number of imidazole rings is 1. The van der Waals surface area contributed by atoms with E-state index >= 15 is 0 Å². The van der Waals surface area contributed by atoms with Gasteiger partial charge < -0.3 is 5.21 Å². The van der Waals surface area contributed by atoms with Gasteiger partial charge in [-0.2, -0.15) is 4.73 Å². The van der Waals surface area contributed by atoms with Gasteiger partial charge in [-0.05, 0) is 19.1 Å². The first-order valence-electron chi connectivity index (χ1n) is 5.35. The van der Waals surface area contributed by atoms with Crippen LogP contribution in [-0.2, 0) is 0 Å². The molecule has 0 aliphatic carbocycles. The lowest BCUT2D eigenvalue weighted by Crippen LogP contribution is -1.93. The molecule has 2 heterocycles. The quantitative estimate of drug-likeness (QED) is 0.648. The first-order valence-corrected chi connectivity index (χ1v) is 5.35. The van der Waals surface area contributed by atoms with Crippen LogP contribution in [0.5, 0.6) is 0 Å². The molecule has 0 saturated carbocycles. The highest BCUT2D eigenvalue weighted by atomic mass is 16.5. The molecule has 0 aliphatic rings. The molecule has 0 fully saturated rings. The summed E-state index contributed by atoms with van der Waals surface area (Å²) in [6.07, 6.45) is 1.66. The number of aryl methyl sites for hydroxylation is 1. The van der Waals surface area contributed by atoms with Crippen molar-refractivity contribution in [1.82, 2.24) is 14.7 Å². The lowest BCUT2D eigenvalue weighted by atomic mass is 10.1. The molecule has 0 bridgehead atoms. The first-order chi connectivity index (χ1) is 8.25. The van der Waals surface area contributed by atoms with Gasteiger partial charge in [0.2, 0.25) is 0 Å². The van der Waals surface area contributed by atoms with Gasteiger partial charge in [0.15, 0.2) is 11.5 Å². The average molecular weight is 225 g/mol. The van der Waals surface area contributed by atoms with Crippen LogP contribution >= 0.6 is 0 Å². The zero-order chi connectivity index (χ0) is 11.8. The fraction of sp³-hybridized carbons (Fsp3) is 0.0769. The third-order valence-electron chi connectivity index (χ3n) is 2.72. The topological polar surface area (TPSA) is 50.9 Å². The summed E-state index contributed by atoms with van der Waals surface area (Å²) in [6, 6.07) is 11.4. The van der Waals surface area contributed by atoms with Crippen molar-refractivity contribution in [3.8, 4) is 11.4 Å². The lowest BCUT2D eigenvalue weighted by molar-refractivity contribution is 0.203. The smallest absolute Gasteiger partial charge is 0.181 e. The van der Waals surface area contributed by atoms with E-state index < -0.39 is 0 Å². The van der Waals surface area contributed by atoms with E-state index in [1.807, 2.05) is 31.2 Å². The van der Waals surface area contributed by atoms with Crippen LogP contribution in [-0.4, -0.2) is 19.9 Å². The van der Waals surface area contributed by atoms with Gasteiger partial charge in [0.25, 0.3) is 0 Å². The molecule has 0 unspecified atom stereocenters. The molecule has 1 N–H and O–H groups in total. The maximum atomic E-state index is 10.0. The average Bonchev–Trinajstić information content (AvgIpc) is 2.69. The van der Waals surface area contributed by atoms with Crippen molar-refractivity contribution in [2.24, 2.45) is 0 Å². The number of aromatic nitrogens is 3. The molecular weight excluding hydrogens is 214 g/mol. The second-order valence-corrected chi connectivity index (χ2v) is 3.96. The summed E-state index contributed by atoms with van der Waals surface area (Å²) < 4.78 is 1.08. The van der Waals surface area contributed by atoms with Crippen molar-refractivity contribution < 1.29 is 5.21 Å². The minimum Gasteiger partial charge on any atom is -0.426 e. The number of pyridine rings is 1. The Morgan fingerprint density at radius 2 is 1.88 bits per heavy atom. The molecule has 17 heavy (non-hydrogen) atoms. The number of hydrogen-bond donors (Lipinski definition) is 1. The van der Waals surface area contributed by atoms with E-state index in [0.717, 1.165) is 10.3 Å². The molecule has 2 aromatic heterocycles. The van der Waals surface area contributed by atoms with Gasteiger partial charge in [0, 0.05) is 11.8 Å². The zero-order valence-corrected chi connectivity index (χ0v) is 9.33. The van der Waals surface area contributed by atoms with E-state index in [1.54, 1.807) is 18.3 Å². The van der Waals surface area contributed by atoms with E-state index in [1.165, 1.54) is 5.56 Å². The summed E-state index contributed by atoms with van der Waals surface area (Å²) in [4.78, 5) is 8.43. The van der Waals surface area contributed by atoms with Crippen LogP contribution in [0.2, 0.25) is 0 Å². The molecule has 3 rings (SSSR count). The van der Waals surface area contributed by atoms with Gasteiger partial charge in [-0.3, -0.25) is 0 Å². The van der Waals surface area contributed by atoms with Crippen molar-refractivity contribution in [2.45, 2.75) is 6.92 Å². The fourth-order valence-electron chi connectivity index (χ4n) is 1.79. The lowest BCUT2D eigenvalue weighted by Gasteiger charge is -2.00. The van der Waals surface area contributed by atoms with Crippen LogP contribution in [0.3, 0.4) is 0 Å². The Balaban J connectivity index is 2.24. The maximum Gasteiger partial charge on any atom is 0.181 e. The minimum atomic E-state index is 0.513. The normalized spacial score (nSPS) is 10.9. The molecule has 0 spiro atoms. The minimum absolute atomic E-state index is 0.513. The van der Waals surface area contributed by atoms with Gasteiger partial charge in [0.05, 0.1) is 0 Å². The number of rotatable bonds is 1. The van der Waals surface area contributed by atoms with Crippen molar-refractivity contribution >= 4 is 11.2 Å². The molecule has 0 atom stereocenters. The number of nitrogens with zero attached hydrogens (tertiary/aromatic N) is 3. The number of hydrogen-bond acceptors (Lipinski definition) is 3.